The summed E-state index contributed by atoms with van der Waals surface area (Å²) >= 11 is 0. The summed E-state index contributed by atoms with van der Waals surface area (Å²) in [5, 5.41) is 19.9. The molecule has 2 aliphatic rings. The van der Waals surface area contributed by atoms with E-state index in [2.05, 4.69) is 31.4 Å². The molecule has 0 spiro atoms. The van der Waals surface area contributed by atoms with Crippen LogP contribution in [0.3, 0.4) is 0 Å². The van der Waals surface area contributed by atoms with E-state index in [1.54, 1.807) is 30.0 Å². The van der Waals surface area contributed by atoms with Gasteiger partial charge in [-0.3, -0.25) is 9.59 Å². The lowest BCUT2D eigenvalue weighted by Gasteiger charge is -2.39. The van der Waals surface area contributed by atoms with E-state index in [0.717, 1.165) is 0 Å². The van der Waals surface area contributed by atoms with Crippen molar-refractivity contribution in [1.29, 1.82) is 0 Å². The monoisotopic (exact) mass is 443 g/mol. The quantitative estimate of drug-likeness (QED) is 0.529. The first-order valence-corrected chi connectivity index (χ1v) is 11.1. The van der Waals surface area contributed by atoms with Crippen LogP contribution in [0.4, 0.5) is 4.79 Å². The summed E-state index contributed by atoms with van der Waals surface area (Å²) in [7, 11) is 0. The Kier molecular flexibility index (Phi) is 6.54. The van der Waals surface area contributed by atoms with E-state index in [9.17, 15) is 14.4 Å². The van der Waals surface area contributed by atoms with E-state index < -0.39 is 5.54 Å². The number of aromatic amines is 1. The Morgan fingerprint density at radius 3 is 2.59 bits per heavy atom. The largest absolute Gasteiger partial charge is 0.450 e. The highest BCUT2D eigenvalue weighted by atomic mass is 16.6. The van der Waals surface area contributed by atoms with Gasteiger partial charge in [-0.2, -0.15) is 15.4 Å². The second-order valence-corrected chi connectivity index (χ2v) is 8.25. The van der Waals surface area contributed by atoms with Crippen molar-refractivity contribution >= 4 is 28.9 Å². The van der Waals surface area contributed by atoms with Gasteiger partial charge >= 0.3 is 6.09 Å². The smallest absolute Gasteiger partial charge is 0.409 e. The van der Waals surface area contributed by atoms with Gasteiger partial charge in [0.2, 0.25) is 5.91 Å². The number of amides is 3. The number of nitrogens with one attached hydrogen (secondary N) is 4. The molecule has 4 N–H and O–H groups in total. The number of ether oxygens (including phenoxy) is 1. The number of fused-ring (bicyclic) bond motifs is 1. The van der Waals surface area contributed by atoms with E-state index in [0.29, 0.717) is 75.1 Å². The molecule has 172 valence electrons. The molecule has 2 saturated heterocycles. The Labute approximate surface area is 185 Å². The van der Waals surface area contributed by atoms with E-state index in [1.807, 2.05) is 0 Å². The topological polar surface area (TPSA) is 141 Å². The minimum Gasteiger partial charge on any atom is -0.450 e. The zero-order chi connectivity index (χ0) is 22.6. The Balaban J connectivity index is 1.41. The number of H-pyrrole nitrogens is 1. The van der Waals surface area contributed by atoms with Crippen molar-refractivity contribution in [2.24, 2.45) is 0 Å². The van der Waals surface area contributed by atoms with Crippen LogP contribution in [0.1, 0.15) is 43.0 Å². The molecule has 11 heteroatoms. The molecule has 11 nitrogen and oxygen atoms in total. The first-order valence-electron chi connectivity index (χ1n) is 11.1. The van der Waals surface area contributed by atoms with Crippen LogP contribution in [-0.2, 0) is 9.53 Å². The highest BCUT2D eigenvalue weighted by Gasteiger charge is 2.42. The summed E-state index contributed by atoms with van der Waals surface area (Å²) in [5.41, 5.74) is 0.707. The summed E-state index contributed by atoms with van der Waals surface area (Å²) in [5.74, 6) is -0.492. The Bertz CT molecular complexity index is 977. The van der Waals surface area contributed by atoms with Crippen molar-refractivity contribution in [1.82, 2.24) is 36.3 Å². The number of hydrogen-bond donors (Lipinski definition) is 4. The molecule has 0 unspecified atom stereocenters. The van der Waals surface area contributed by atoms with Gasteiger partial charge in [0.25, 0.3) is 5.91 Å². The van der Waals surface area contributed by atoms with Crippen LogP contribution < -0.4 is 16.0 Å². The molecule has 3 amide bonds. The third-order valence-corrected chi connectivity index (χ3v) is 6.18. The van der Waals surface area contributed by atoms with Crippen molar-refractivity contribution in [2.45, 2.75) is 44.2 Å². The summed E-state index contributed by atoms with van der Waals surface area (Å²) in [6, 6.07) is 5.01. The number of hydrogen-bond acceptors (Lipinski definition) is 7. The number of carbonyl (C=O) groups excluding carboxylic acids is 3. The minimum absolute atomic E-state index is 0.0525. The van der Waals surface area contributed by atoms with Crippen molar-refractivity contribution in [3.8, 4) is 0 Å². The fourth-order valence-electron chi connectivity index (χ4n) is 4.28. The van der Waals surface area contributed by atoms with Crippen molar-refractivity contribution in [2.75, 3.05) is 32.8 Å². The predicted octanol–water partition coefficient (Wildman–Crippen LogP) is 0.547. The summed E-state index contributed by atoms with van der Waals surface area (Å²) in [4.78, 5) is 39.9. The zero-order valence-corrected chi connectivity index (χ0v) is 18.1. The first kappa shape index (κ1) is 22.0. The van der Waals surface area contributed by atoms with Gasteiger partial charge in [0, 0.05) is 24.7 Å². The molecule has 0 aliphatic carbocycles. The summed E-state index contributed by atoms with van der Waals surface area (Å²) in [6.07, 6.45) is 1.98. The van der Waals surface area contributed by atoms with Gasteiger partial charge in [0.15, 0.2) is 0 Å². The molecule has 0 radical (unpaired) electrons. The SMILES string of the molecule is CCOC(=O)N1CCC(NC(=O)C2(NC(=O)c3ccc4n[nH]nc4c3)CCNCC2)CC1. The normalized spacial score (nSPS) is 18.8. The van der Waals surface area contributed by atoms with Crippen molar-refractivity contribution in [3.63, 3.8) is 0 Å². The minimum atomic E-state index is -0.987. The van der Waals surface area contributed by atoms with E-state index in [1.165, 1.54) is 0 Å². The molecule has 0 saturated carbocycles. The van der Waals surface area contributed by atoms with Crippen LogP contribution in [0.25, 0.3) is 11.0 Å². The van der Waals surface area contributed by atoms with Gasteiger partial charge in [0.1, 0.15) is 16.6 Å². The van der Waals surface area contributed by atoms with Crippen molar-refractivity contribution in [3.05, 3.63) is 23.8 Å². The predicted molar refractivity (Wildman–Crippen MR) is 116 cm³/mol. The lowest BCUT2D eigenvalue weighted by Crippen LogP contribution is -2.64. The Morgan fingerprint density at radius 2 is 1.88 bits per heavy atom. The van der Waals surface area contributed by atoms with Gasteiger partial charge in [-0.1, -0.05) is 0 Å². The highest BCUT2D eigenvalue weighted by molar-refractivity contribution is 6.01. The standard InChI is InChI=1S/C21H29N7O4/c1-2-32-20(31)28-11-5-15(6-12-28)23-19(30)21(7-9-22-10-8-21)24-18(29)14-3-4-16-17(13-14)26-27-25-16/h3-4,13,15,22H,2,5-12H2,1H3,(H,23,30)(H,24,29)(H,25,26,27). The molecule has 3 heterocycles. The van der Waals surface area contributed by atoms with Crippen LogP contribution in [0.2, 0.25) is 0 Å². The molecule has 1 aromatic carbocycles. The van der Waals surface area contributed by atoms with Crippen molar-refractivity contribution < 1.29 is 19.1 Å². The number of piperidine rings is 2. The second kappa shape index (κ2) is 9.51. The number of aromatic nitrogens is 3. The molecule has 0 atom stereocenters. The fraction of sp³-hybridized carbons (Fsp3) is 0.571. The molecule has 0 bridgehead atoms. The number of benzene rings is 1. The van der Waals surface area contributed by atoms with E-state index >= 15 is 0 Å². The number of rotatable bonds is 5. The number of carbonyl (C=O) groups is 3. The Hall–Kier alpha value is -3.21. The molecule has 2 aromatic rings. The van der Waals surface area contributed by atoms with Crippen LogP contribution in [-0.4, -0.2) is 82.6 Å². The maximum absolute atomic E-state index is 13.4. The number of nitrogens with zero attached hydrogens (tertiary/aromatic N) is 3. The Morgan fingerprint density at radius 1 is 1.16 bits per heavy atom. The first-order chi connectivity index (χ1) is 15.5. The summed E-state index contributed by atoms with van der Waals surface area (Å²) in [6.45, 7) is 4.45. The lowest BCUT2D eigenvalue weighted by atomic mass is 9.86. The number of likely N-dealkylation sites (tertiary alicyclic amines) is 1. The van der Waals surface area contributed by atoms with E-state index in [-0.39, 0.29) is 23.9 Å². The third-order valence-electron chi connectivity index (χ3n) is 6.18. The summed E-state index contributed by atoms with van der Waals surface area (Å²) < 4.78 is 5.05. The highest BCUT2D eigenvalue weighted by Crippen LogP contribution is 2.22. The van der Waals surface area contributed by atoms with Crippen LogP contribution in [0.5, 0.6) is 0 Å². The maximum atomic E-state index is 13.4. The zero-order valence-electron chi connectivity index (χ0n) is 18.1. The molecule has 2 fully saturated rings. The molecular formula is C21H29N7O4. The second-order valence-electron chi connectivity index (χ2n) is 8.25. The van der Waals surface area contributed by atoms with Gasteiger partial charge in [-0.05, 0) is 63.9 Å². The van der Waals surface area contributed by atoms with Gasteiger partial charge in [0.05, 0.1) is 6.61 Å². The molecule has 4 rings (SSSR count). The van der Waals surface area contributed by atoms with Gasteiger partial charge < -0.3 is 25.6 Å². The molecule has 32 heavy (non-hydrogen) atoms. The molecule has 1 aromatic heterocycles. The van der Waals surface area contributed by atoms with Gasteiger partial charge in [-0.15, -0.1) is 0 Å². The lowest BCUT2D eigenvalue weighted by molar-refractivity contribution is -0.129. The molecular weight excluding hydrogens is 414 g/mol. The third kappa shape index (κ3) is 4.67. The average Bonchev–Trinajstić information content (AvgIpc) is 3.28. The maximum Gasteiger partial charge on any atom is 0.409 e. The average molecular weight is 444 g/mol. The van der Waals surface area contributed by atoms with E-state index in [4.69, 9.17) is 4.74 Å². The van der Waals surface area contributed by atoms with Crippen LogP contribution >= 0.6 is 0 Å². The molecule has 2 aliphatic heterocycles. The van der Waals surface area contributed by atoms with Crippen LogP contribution in [0, 0.1) is 0 Å². The van der Waals surface area contributed by atoms with Gasteiger partial charge in [-0.25, -0.2) is 4.79 Å². The van der Waals surface area contributed by atoms with Crippen LogP contribution in [0.15, 0.2) is 18.2 Å². The fourth-order valence-corrected chi connectivity index (χ4v) is 4.28.